The molecule has 2 aliphatic rings. The van der Waals surface area contributed by atoms with Gasteiger partial charge in [-0.25, -0.2) is 9.78 Å². The van der Waals surface area contributed by atoms with Crippen LogP contribution in [-0.4, -0.2) is 105 Å². The maximum absolute atomic E-state index is 14.2. The van der Waals surface area contributed by atoms with Crippen LogP contribution in [0, 0.1) is 13.8 Å². The Bertz CT molecular complexity index is 1540. The SMILES string of the molecule is Cc1cc(C(CCN2CCN(C(=O)OC(C)(C)C)CC2)C(=O)N2C[C@H](O)C[C@H]2C(=O)N[C@@H](C)c2ccc(-c3scnc3C)cc2)on1. The number of aromatic nitrogens is 2. The fourth-order valence-corrected chi connectivity index (χ4v) is 6.94. The van der Waals surface area contributed by atoms with Crippen molar-refractivity contribution < 1.29 is 28.8 Å². The third-order valence-electron chi connectivity index (χ3n) is 8.69. The molecular weight excluding hydrogens is 620 g/mol. The number of rotatable bonds is 9. The van der Waals surface area contributed by atoms with Crippen LogP contribution in [0.15, 0.2) is 40.4 Å². The van der Waals surface area contributed by atoms with Gasteiger partial charge in [0.2, 0.25) is 11.8 Å². The molecule has 5 rings (SSSR count). The highest BCUT2D eigenvalue weighted by Gasteiger charge is 2.43. The zero-order valence-electron chi connectivity index (χ0n) is 28.1. The molecule has 0 saturated carbocycles. The lowest BCUT2D eigenvalue weighted by atomic mass is 9.98. The second-order valence-corrected chi connectivity index (χ2v) is 14.4. The molecule has 0 radical (unpaired) electrons. The summed E-state index contributed by atoms with van der Waals surface area (Å²) in [6.07, 6.45) is -0.549. The highest BCUT2D eigenvalue weighted by Crippen LogP contribution is 2.31. The van der Waals surface area contributed by atoms with E-state index in [1.54, 1.807) is 29.2 Å². The van der Waals surface area contributed by atoms with Gasteiger partial charge in [-0.2, -0.15) is 0 Å². The average molecular weight is 667 g/mol. The topological polar surface area (TPSA) is 141 Å². The summed E-state index contributed by atoms with van der Waals surface area (Å²) in [5.74, 6) is -0.830. The number of aliphatic hydroxyl groups excluding tert-OH is 1. The van der Waals surface area contributed by atoms with Crippen molar-refractivity contribution in [3.05, 3.63) is 58.6 Å². The summed E-state index contributed by atoms with van der Waals surface area (Å²) in [6.45, 7) is 14.2. The van der Waals surface area contributed by atoms with Crippen LogP contribution in [0.25, 0.3) is 10.4 Å². The minimum Gasteiger partial charge on any atom is -0.444 e. The number of hydrogen-bond acceptors (Lipinski definition) is 10. The van der Waals surface area contributed by atoms with E-state index in [-0.39, 0.29) is 36.9 Å². The van der Waals surface area contributed by atoms with Crippen molar-refractivity contribution in [3.8, 4) is 10.4 Å². The Morgan fingerprint density at radius 3 is 2.43 bits per heavy atom. The maximum Gasteiger partial charge on any atom is 0.410 e. The number of aryl methyl sites for hydroxylation is 2. The molecule has 3 aromatic rings. The summed E-state index contributed by atoms with van der Waals surface area (Å²) in [5, 5.41) is 17.7. The van der Waals surface area contributed by atoms with E-state index in [1.165, 1.54) is 4.90 Å². The number of benzene rings is 1. The van der Waals surface area contributed by atoms with Gasteiger partial charge in [0.1, 0.15) is 23.3 Å². The van der Waals surface area contributed by atoms with Gasteiger partial charge < -0.3 is 29.5 Å². The van der Waals surface area contributed by atoms with Crippen molar-refractivity contribution in [3.63, 3.8) is 0 Å². The van der Waals surface area contributed by atoms with Crippen molar-refractivity contribution in [2.24, 2.45) is 0 Å². The molecule has 4 atom stereocenters. The van der Waals surface area contributed by atoms with Crippen LogP contribution in [0.3, 0.4) is 0 Å². The minimum absolute atomic E-state index is 0.0619. The van der Waals surface area contributed by atoms with Crippen molar-refractivity contribution >= 4 is 29.2 Å². The van der Waals surface area contributed by atoms with Gasteiger partial charge in [0.15, 0.2) is 0 Å². The number of piperazine rings is 1. The van der Waals surface area contributed by atoms with E-state index in [0.717, 1.165) is 21.7 Å². The summed E-state index contributed by atoms with van der Waals surface area (Å²) in [6, 6.07) is 8.65. The number of hydrogen-bond donors (Lipinski definition) is 2. The zero-order chi connectivity index (χ0) is 33.9. The maximum atomic E-state index is 14.2. The first-order valence-corrected chi connectivity index (χ1v) is 17.1. The Morgan fingerprint density at radius 1 is 1.13 bits per heavy atom. The number of β-amino-alcohol motifs (C(OH)–C–C–N with tert-alkyl or cyclic N) is 1. The fourth-order valence-electron chi connectivity index (χ4n) is 6.13. The second kappa shape index (κ2) is 14.5. The molecule has 1 unspecified atom stereocenters. The van der Waals surface area contributed by atoms with E-state index in [2.05, 4.69) is 20.4 Å². The molecule has 2 fully saturated rings. The zero-order valence-corrected chi connectivity index (χ0v) is 28.9. The highest BCUT2D eigenvalue weighted by atomic mass is 32.1. The predicted molar refractivity (Wildman–Crippen MR) is 178 cm³/mol. The minimum atomic E-state index is -0.817. The number of nitrogens with zero attached hydrogens (tertiary/aromatic N) is 5. The molecule has 2 N–H and O–H groups in total. The number of likely N-dealkylation sites (tertiary alicyclic amines) is 1. The van der Waals surface area contributed by atoms with E-state index in [9.17, 15) is 19.5 Å². The fraction of sp³-hybridized carbons (Fsp3) is 0.559. The summed E-state index contributed by atoms with van der Waals surface area (Å²) in [5.41, 5.74) is 4.91. The number of carbonyl (C=O) groups is 3. The Kier molecular flexibility index (Phi) is 10.7. The standard InChI is InChI=1S/C34H46N6O6S/c1-21-17-29(46-37-21)27(11-12-38-13-15-39(16-14-38)33(44)45-34(4,5)6)32(43)40-19-26(41)18-28(40)31(42)36-22(2)24-7-9-25(10-8-24)30-23(3)35-20-47-30/h7-10,17,20,22,26-28,41H,11-16,18-19H2,1-6H3,(H,36,42)/t22-,26+,27?,28-/m0/s1. The molecule has 47 heavy (non-hydrogen) atoms. The molecule has 12 nitrogen and oxygen atoms in total. The molecule has 0 spiro atoms. The number of ether oxygens (including phenoxy) is 1. The van der Waals surface area contributed by atoms with Gasteiger partial charge >= 0.3 is 6.09 Å². The van der Waals surface area contributed by atoms with Crippen LogP contribution >= 0.6 is 11.3 Å². The number of nitrogens with one attached hydrogen (secondary N) is 1. The van der Waals surface area contributed by atoms with Crippen LogP contribution in [-0.2, 0) is 14.3 Å². The van der Waals surface area contributed by atoms with Crippen molar-refractivity contribution in [1.29, 1.82) is 0 Å². The lowest BCUT2D eigenvalue weighted by Crippen LogP contribution is -2.51. The quantitative estimate of drug-likeness (QED) is 0.342. The molecule has 0 bridgehead atoms. The van der Waals surface area contributed by atoms with Crippen LogP contribution in [0.2, 0.25) is 0 Å². The first-order valence-electron chi connectivity index (χ1n) is 16.2. The molecule has 2 aromatic heterocycles. The Morgan fingerprint density at radius 2 is 1.83 bits per heavy atom. The molecule has 4 heterocycles. The monoisotopic (exact) mass is 666 g/mol. The Balaban J connectivity index is 1.22. The number of carbonyl (C=O) groups excluding carboxylic acids is 3. The normalized spacial score (nSPS) is 20.2. The van der Waals surface area contributed by atoms with E-state index in [1.807, 2.05) is 64.4 Å². The van der Waals surface area contributed by atoms with Crippen LogP contribution in [0.5, 0.6) is 0 Å². The van der Waals surface area contributed by atoms with Gasteiger partial charge in [0, 0.05) is 45.2 Å². The average Bonchev–Trinajstić information content (AvgIpc) is 3.76. The van der Waals surface area contributed by atoms with Gasteiger partial charge in [0.05, 0.1) is 33.9 Å². The first-order chi connectivity index (χ1) is 22.3. The molecule has 1 aromatic carbocycles. The summed E-state index contributed by atoms with van der Waals surface area (Å²) < 4.78 is 11.1. The lowest BCUT2D eigenvalue weighted by molar-refractivity contribution is -0.140. The summed E-state index contributed by atoms with van der Waals surface area (Å²) in [4.78, 5) is 51.1. The van der Waals surface area contributed by atoms with Crippen molar-refractivity contribution in [2.75, 3.05) is 39.3 Å². The molecule has 13 heteroatoms. The van der Waals surface area contributed by atoms with Crippen LogP contribution in [0.1, 0.15) is 75.2 Å². The molecule has 3 amide bonds. The van der Waals surface area contributed by atoms with E-state index in [0.29, 0.717) is 50.6 Å². The van der Waals surface area contributed by atoms with E-state index < -0.39 is 23.7 Å². The van der Waals surface area contributed by atoms with Crippen molar-refractivity contribution in [2.45, 2.75) is 84.1 Å². The number of aliphatic hydroxyl groups is 1. The molecular formula is C34H46N6O6S. The number of amides is 3. The van der Waals surface area contributed by atoms with Gasteiger partial charge in [-0.05, 0) is 65.6 Å². The molecule has 2 aliphatic heterocycles. The van der Waals surface area contributed by atoms with Gasteiger partial charge in [0.25, 0.3) is 0 Å². The third-order valence-corrected chi connectivity index (χ3v) is 9.67. The van der Waals surface area contributed by atoms with E-state index >= 15 is 0 Å². The Labute approximate surface area is 280 Å². The predicted octanol–water partition coefficient (Wildman–Crippen LogP) is 4.28. The second-order valence-electron chi connectivity index (χ2n) is 13.5. The Hall–Kier alpha value is -3.81. The largest absolute Gasteiger partial charge is 0.444 e. The number of thiazole rings is 1. The van der Waals surface area contributed by atoms with Crippen LogP contribution < -0.4 is 5.32 Å². The summed E-state index contributed by atoms with van der Waals surface area (Å²) >= 11 is 1.59. The molecule has 254 valence electrons. The lowest BCUT2D eigenvalue weighted by Gasteiger charge is -2.36. The highest BCUT2D eigenvalue weighted by molar-refractivity contribution is 7.13. The molecule has 0 aliphatic carbocycles. The van der Waals surface area contributed by atoms with Gasteiger partial charge in [-0.1, -0.05) is 29.4 Å². The van der Waals surface area contributed by atoms with Crippen LogP contribution in [0.4, 0.5) is 4.79 Å². The van der Waals surface area contributed by atoms with Crippen molar-refractivity contribution in [1.82, 2.24) is 30.2 Å². The van der Waals surface area contributed by atoms with E-state index in [4.69, 9.17) is 9.26 Å². The molecule has 2 saturated heterocycles. The van der Waals surface area contributed by atoms with Gasteiger partial charge in [-0.15, -0.1) is 11.3 Å². The van der Waals surface area contributed by atoms with Gasteiger partial charge in [-0.3, -0.25) is 14.5 Å². The first kappa shape index (κ1) is 34.5. The third kappa shape index (κ3) is 8.57. The smallest absolute Gasteiger partial charge is 0.410 e. The summed E-state index contributed by atoms with van der Waals surface area (Å²) in [7, 11) is 0.